The molecule has 3 aliphatic carbocycles. The van der Waals surface area contributed by atoms with Crippen molar-refractivity contribution in [1.29, 1.82) is 0 Å². The molecule has 0 saturated heterocycles. The molecule has 0 heterocycles. The van der Waals surface area contributed by atoms with Crippen molar-refractivity contribution in [2.45, 2.75) is 115 Å². The Hall–Kier alpha value is -1.87. The van der Waals surface area contributed by atoms with Crippen LogP contribution in [0.15, 0.2) is 58.7 Å². The summed E-state index contributed by atoms with van der Waals surface area (Å²) in [5.41, 5.74) is 2.75. The van der Waals surface area contributed by atoms with Crippen LogP contribution >= 0.6 is 0 Å². The van der Waals surface area contributed by atoms with Crippen LogP contribution in [0.2, 0.25) is 0 Å². The van der Waals surface area contributed by atoms with Crippen LogP contribution in [0.5, 0.6) is 0 Å². The summed E-state index contributed by atoms with van der Waals surface area (Å²) >= 11 is 0. The highest BCUT2D eigenvalue weighted by atomic mass is 16.3. The second-order valence-electron chi connectivity index (χ2n) is 14.4. The van der Waals surface area contributed by atoms with Crippen molar-refractivity contribution in [2.24, 2.45) is 23.2 Å². The molecule has 7 heteroatoms. The Morgan fingerprint density at radius 2 is 1.87 bits per heavy atom. The standard InChI is InChI=1S/C39H64N2O5/c1-29(11-8-13-30(2)25-41-26-32-14-6-5-7-15-32)12-9-16-33(28-44)35-19-21-39(37(35)45)36(17-10-24-42)34(31(3)27-43)18-20-38(39,46)22-23-40-4/h9,12-13,16,27,32,35-37,40-42,44-46H,1,5-8,10-11,14-15,17-26,28H2,2-4H3/b12-9+,30-13+,33-16-,34-31-/t35-,36-,37+,38-,39+/m0/s1. The van der Waals surface area contributed by atoms with E-state index in [9.17, 15) is 25.2 Å². The maximum Gasteiger partial charge on any atom is 0.145 e. The third kappa shape index (κ3) is 9.61. The van der Waals surface area contributed by atoms with Gasteiger partial charge in [-0.3, -0.25) is 4.79 Å². The zero-order chi connectivity index (χ0) is 33.6. The summed E-state index contributed by atoms with van der Waals surface area (Å²) < 4.78 is 0. The zero-order valence-corrected chi connectivity index (χ0v) is 29.0. The molecule has 0 radical (unpaired) electrons. The van der Waals surface area contributed by atoms with Gasteiger partial charge in [0.2, 0.25) is 0 Å². The first-order valence-corrected chi connectivity index (χ1v) is 18.0. The Bertz CT molecular complexity index is 1100. The predicted molar refractivity (Wildman–Crippen MR) is 188 cm³/mol. The van der Waals surface area contributed by atoms with Crippen LogP contribution < -0.4 is 10.6 Å². The lowest BCUT2D eigenvalue weighted by Crippen LogP contribution is -2.61. The van der Waals surface area contributed by atoms with Crippen LogP contribution in [0.4, 0.5) is 0 Å². The molecule has 260 valence electrons. The number of aliphatic hydroxyl groups is 4. The van der Waals surface area contributed by atoms with Gasteiger partial charge in [0.1, 0.15) is 6.29 Å². The minimum atomic E-state index is -1.14. The Labute approximate surface area is 279 Å². The topological polar surface area (TPSA) is 122 Å². The summed E-state index contributed by atoms with van der Waals surface area (Å²) in [5.74, 6) is 0.290. The molecule has 3 fully saturated rings. The second kappa shape index (κ2) is 19.2. The zero-order valence-electron chi connectivity index (χ0n) is 29.0. The molecule has 5 atom stereocenters. The first-order chi connectivity index (χ1) is 22.2. The highest BCUT2D eigenvalue weighted by Gasteiger charge is 2.65. The van der Waals surface area contributed by atoms with E-state index >= 15 is 0 Å². The lowest BCUT2D eigenvalue weighted by atomic mass is 9.51. The average Bonchev–Trinajstić information content (AvgIpc) is 3.40. The summed E-state index contributed by atoms with van der Waals surface area (Å²) in [6.45, 7) is 10.7. The van der Waals surface area contributed by atoms with Crippen molar-refractivity contribution in [3.05, 3.63) is 58.7 Å². The van der Waals surface area contributed by atoms with Crippen LogP contribution in [-0.2, 0) is 4.79 Å². The van der Waals surface area contributed by atoms with Crippen molar-refractivity contribution < 1.29 is 25.2 Å². The molecule has 0 aromatic heterocycles. The van der Waals surface area contributed by atoms with E-state index in [-0.39, 0.29) is 25.0 Å². The van der Waals surface area contributed by atoms with Gasteiger partial charge in [-0.1, -0.05) is 66.9 Å². The lowest BCUT2D eigenvalue weighted by molar-refractivity contribution is -0.180. The molecule has 0 aromatic rings. The van der Waals surface area contributed by atoms with Crippen molar-refractivity contribution in [3.63, 3.8) is 0 Å². The fourth-order valence-corrected chi connectivity index (χ4v) is 8.81. The Morgan fingerprint density at radius 3 is 2.54 bits per heavy atom. The Kier molecular flexibility index (Phi) is 16.1. The predicted octanol–water partition coefficient (Wildman–Crippen LogP) is 5.71. The molecule has 3 aliphatic rings. The smallest absolute Gasteiger partial charge is 0.145 e. The van der Waals surface area contributed by atoms with Crippen molar-refractivity contribution >= 4 is 6.29 Å². The number of rotatable bonds is 18. The first-order valence-electron chi connectivity index (χ1n) is 18.0. The maximum absolute atomic E-state index is 12.3. The molecule has 6 N–H and O–H groups in total. The molecule has 0 amide bonds. The minimum Gasteiger partial charge on any atom is -0.396 e. The fraction of sp³-hybridized carbons (Fsp3) is 0.718. The average molecular weight is 641 g/mol. The molecule has 0 unspecified atom stereocenters. The SMILES string of the molecule is C=C(/C=C/C=C(/CO)[C@@H]1CC[C@]2([C@@H]1O)[C@@H](CCCO)/C(=C(/C)C=O)CC[C@]2(O)CCNC)CC/C=C(\C)CNCC1CCCCC1. The normalized spacial score (nSPS) is 30.8. The largest absolute Gasteiger partial charge is 0.396 e. The third-order valence-electron chi connectivity index (χ3n) is 11.4. The van der Waals surface area contributed by atoms with Crippen LogP contribution in [-0.4, -0.2) is 78.3 Å². The van der Waals surface area contributed by atoms with Gasteiger partial charge in [-0.25, -0.2) is 0 Å². The Balaban J connectivity index is 1.69. The minimum absolute atomic E-state index is 0.0115. The molecule has 0 aromatic carbocycles. The monoisotopic (exact) mass is 640 g/mol. The van der Waals surface area contributed by atoms with Gasteiger partial charge in [0.05, 0.1) is 18.3 Å². The van der Waals surface area contributed by atoms with E-state index in [0.717, 1.165) is 54.9 Å². The van der Waals surface area contributed by atoms with Gasteiger partial charge in [0.25, 0.3) is 0 Å². The van der Waals surface area contributed by atoms with Gasteiger partial charge in [-0.2, -0.15) is 0 Å². The number of hydrogen-bond donors (Lipinski definition) is 6. The highest BCUT2D eigenvalue weighted by molar-refractivity contribution is 5.74. The number of aliphatic hydroxyl groups excluding tert-OH is 3. The van der Waals surface area contributed by atoms with E-state index in [1.807, 2.05) is 32.2 Å². The Morgan fingerprint density at radius 1 is 1.11 bits per heavy atom. The number of carbonyl (C=O) groups is 1. The van der Waals surface area contributed by atoms with E-state index in [2.05, 4.69) is 30.2 Å². The molecule has 46 heavy (non-hydrogen) atoms. The first kappa shape index (κ1) is 38.6. The molecule has 3 rings (SSSR count). The number of aldehydes is 1. The molecule has 3 saturated carbocycles. The van der Waals surface area contributed by atoms with Gasteiger partial charge >= 0.3 is 0 Å². The van der Waals surface area contributed by atoms with Gasteiger partial charge in [-0.15, -0.1) is 0 Å². The molecular formula is C39H64N2O5. The van der Waals surface area contributed by atoms with Crippen molar-refractivity contribution in [2.75, 3.05) is 39.9 Å². The van der Waals surface area contributed by atoms with Crippen LogP contribution in [0.1, 0.15) is 104 Å². The van der Waals surface area contributed by atoms with E-state index < -0.39 is 17.1 Å². The fourth-order valence-electron chi connectivity index (χ4n) is 8.81. The number of allylic oxidation sites excluding steroid dienone is 7. The van der Waals surface area contributed by atoms with Crippen molar-refractivity contribution in [1.82, 2.24) is 10.6 Å². The summed E-state index contributed by atoms with van der Waals surface area (Å²) in [5, 5.41) is 51.5. The van der Waals surface area contributed by atoms with E-state index in [1.54, 1.807) is 0 Å². The van der Waals surface area contributed by atoms with E-state index in [0.29, 0.717) is 57.1 Å². The molecule has 1 spiro atoms. The maximum atomic E-state index is 12.3. The molecule has 0 aliphatic heterocycles. The molecule has 0 bridgehead atoms. The summed E-state index contributed by atoms with van der Waals surface area (Å²) in [4.78, 5) is 11.9. The number of carbonyl (C=O) groups excluding carboxylic acids is 1. The summed E-state index contributed by atoms with van der Waals surface area (Å²) in [7, 11) is 1.86. The lowest BCUT2D eigenvalue weighted by Gasteiger charge is -2.57. The van der Waals surface area contributed by atoms with Crippen LogP contribution in [0.25, 0.3) is 0 Å². The van der Waals surface area contributed by atoms with Gasteiger partial charge in [0, 0.05) is 24.5 Å². The van der Waals surface area contributed by atoms with Crippen molar-refractivity contribution in [3.8, 4) is 0 Å². The highest BCUT2D eigenvalue weighted by Crippen LogP contribution is 2.63. The van der Waals surface area contributed by atoms with E-state index in [1.165, 1.54) is 37.7 Å². The van der Waals surface area contributed by atoms with Crippen LogP contribution in [0, 0.1) is 23.2 Å². The third-order valence-corrected chi connectivity index (χ3v) is 11.4. The molecular weight excluding hydrogens is 576 g/mol. The summed E-state index contributed by atoms with van der Waals surface area (Å²) in [6.07, 6.45) is 20.6. The number of nitrogens with one attached hydrogen (secondary N) is 2. The van der Waals surface area contributed by atoms with Gasteiger partial charge < -0.3 is 31.1 Å². The molecule has 7 nitrogen and oxygen atoms in total. The number of hydrogen-bond acceptors (Lipinski definition) is 7. The summed E-state index contributed by atoms with van der Waals surface area (Å²) in [6, 6.07) is 0. The van der Waals surface area contributed by atoms with Crippen LogP contribution in [0.3, 0.4) is 0 Å². The van der Waals surface area contributed by atoms with Gasteiger partial charge in [-0.05, 0) is 128 Å². The van der Waals surface area contributed by atoms with E-state index in [4.69, 9.17) is 0 Å². The quantitative estimate of drug-likeness (QED) is 0.0491. The van der Waals surface area contributed by atoms with Gasteiger partial charge in [0.15, 0.2) is 0 Å². The second-order valence-corrected chi connectivity index (χ2v) is 14.4.